The summed E-state index contributed by atoms with van der Waals surface area (Å²) < 4.78 is 26.9. The molecule has 2 aromatic carbocycles. The molecule has 0 aliphatic carbocycles. The molecule has 0 aromatic heterocycles. The van der Waals surface area contributed by atoms with Gasteiger partial charge in [0, 0.05) is 11.9 Å². The Balaban J connectivity index is 0.00000196. The van der Waals surface area contributed by atoms with Gasteiger partial charge in [0.15, 0.2) is 0 Å². The summed E-state index contributed by atoms with van der Waals surface area (Å²) in [6.07, 6.45) is 2.19. The number of piperidine rings is 1. The van der Waals surface area contributed by atoms with E-state index in [0.717, 1.165) is 31.3 Å². The lowest BCUT2D eigenvalue weighted by atomic mass is 10.00. The van der Waals surface area contributed by atoms with E-state index in [1.807, 2.05) is 18.2 Å². The zero-order chi connectivity index (χ0) is 17.4. The van der Waals surface area contributed by atoms with Gasteiger partial charge in [-0.05, 0) is 49.4 Å². The molecule has 1 atom stereocenters. The van der Waals surface area contributed by atoms with Gasteiger partial charge in [-0.1, -0.05) is 24.3 Å². The first-order chi connectivity index (χ1) is 12.1. The van der Waals surface area contributed by atoms with E-state index in [2.05, 4.69) is 10.6 Å². The van der Waals surface area contributed by atoms with E-state index in [0.29, 0.717) is 23.5 Å². The van der Waals surface area contributed by atoms with Gasteiger partial charge < -0.3 is 10.6 Å². The van der Waals surface area contributed by atoms with E-state index in [1.165, 1.54) is 4.31 Å². The third kappa shape index (κ3) is 3.26. The summed E-state index contributed by atoms with van der Waals surface area (Å²) in [5, 5.41) is 7.78. The topological polar surface area (TPSA) is 78.5 Å². The fourth-order valence-corrected chi connectivity index (χ4v) is 5.34. The van der Waals surface area contributed by atoms with Crippen LogP contribution in [-0.2, 0) is 14.8 Å². The number of carbonyl (C=O) groups is 1. The SMILES string of the molecule is Cl.O=C(CN1c2cccc3cccc(c23)S1(=O)=O)NCC1CCCNC1. The van der Waals surface area contributed by atoms with Gasteiger partial charge in [0.05, 0.1) is 10.6 Å². The second-order valence-corrected chi connectivity index (χ2v) is 8.49. The number of halogens is 1. The van der Waals surface area contributed by atoms with E-state index >= 15 is 0 Å². The molecule has 6 nitrogen and oxygen atoms in total. The molecule has 2 aromatic rings. The summed E-state index contributed by atoms with van der Waals surface area (Å²) in [6, 6.07) is 10.7. The Morgan fingerprint density at radius 2 is 2.00 bits per heavy atom. The molecule has 2 N–H and O–H groups in total. The van der Waals surface area contributed by atoms with Gasteiger partial charge >= 0.3 is 0 Å². The lowest BCUT2D eigenvalue weighted by Crippen LogP contribution is -2.43. The van der Waals surface area contributed by atoms with Crippen LogP contribution in [0.5, 0.6) is 0 Å². The average molecular weight is 396 g/mol. The zero-order valence-corrected chi connectivity index (χ0v) is 15.9. The van der Waals surface area contributed by atoms with Crippen molar-refractivity contribution < 1.29 is 13.2 Å². The van der Waals surface area contributed by atoms with Crippen molar-refractivity contribution in [3.8, 4) is 0 Å². The van der Waals surface area contributed by atoms with Gasteiger partial charge in [-0.25, -0.2) is 8.42 Å². The quantitative estimate of drug-likeness (QED) is 0.828. The smallest absolute Gasteiger partial charge is 0.265 e. The molecule has 4 rings (SSSR count). The molecular weight excluding hydrogens is 374 g/mol. The molecule has 1 fully saturated rings. The van der Waals surface area contributed by atoms with Crippen LogP contribution in [0.4, 0.5) is 5.69 Å². The lowest BCUT2D eigenvalue weighted by molar-refractivity contribution is -0.119. The van der Waals surface area contributed by atoms with E-state index in [9.17, 15) is 13.2 Å². The second-order valence-electron chi connectivity index (χ2n) is 6.66. The van der Waals surface area contributed by atoms with Gasteiger partial charge in [0.25, 0.3) is 10.0 Å². The predicted octanol–water partition coefficient (Wildman–Crippen LogP) is 1.89. The highest BCUT2D eigenvalue weighted by Crippen LogP contribution is 2.41. The Bertz CT molecular complexity index is 921. The van der Waals surface area contributed by atoms with Crippen LogP contribution in [0.2, 0.25) is 0 Å². The van der Waals surface area contributed by atoms with Gasteiger partial charge in [-0.2, -0.15) is 0 Å². The van der Waals surface area contributed by atoms with Crippen LogP contribution >= 0.6 is 12.4 Å². The molecule has 1 amide bonds. The van der Waals surface area contributed by atoms with Gasteiger partial charge in [0.1, 0.15) is 6.54 Å². The maximum Gasteiger partial charge on any atom is 0.265 e. The lowest BCUT2D eigenvalue weighted by Gasteiger charge is -2.24. The van der Waals surface area contributed by atoms with Crippen molar-refractivity contribution in [3.05, 3.63) is 36.4 Å². The molecule has 0 radical (unpaired) electrons. The normalized spacial score (nSPS) is 20.6. The minimum Gasteiger partial charge on any atom is -0.354 e. The Morgan fingerprint density at radius 3 is 2.73 bits per heavy atom. The van der Waals surface area contributed by atoms with Crippen molar-refractivity contribution in [2.75, 3.05) is 30.5 Å². The molecule has 2 aliphatic heterocycles. The highest BCUT2D eigenvalue weighted by molar-refractivity contribution is 7.93. The van der Waals surface area contributed by atoms with Gasteiger partial charge in [-0.15, -0.1) is 12.4 Å². The number of nitrogens with one attached hydrogen (secondary N) is 2. The number of hydrogen-bond acceptors (Lipinski definition) is 4. The van der Waals surface area contributed by atoms with Crippen LogP contribution in [0.15, 0.2) is 41.3 Å². The van der Waals surface area contributed by atoms with Crippen LogP contribution in [0, 0.1) is 5.92 Å². The standard InChI is InChI=1S/C18H21N3O3S.ClH/c22-17(20-11-13-4-3-9-19-10-13)12-21-15-7-1-5-14-6-2-8-16(18(14)15)25(21,23)24;/h1-2,5-8,13,19H,3-4,9-12H2,(H,20,22);1H. The third-order valence-electron chi connectivity index (χ3n) is 4.96. The maximum atomic E-state index is 12.8. The molecule has 0 saturated carbocycles. The number of amides is 1. The molecule has 140 valence electrons. The zero-order valence-electron chi connectivity index (χ0n) is 14.3. The first-order valence-electron chi connectivity index (χ1n) is 8.59. The molecule has 1 unspecified atom stereocenters. The Labute approximate surface area is 159 Å². The summed E-state index contributed by atoms with van der Waals surface area (Å²) >= 11 is 0. The van der Waals surface area contributed by atoms with E-state index in [4.69, 9.17) is 0 Å². The summed E-state index contributed by atoms with van der Waals surface area (Å²) in [7, 11) is -3.68. The van der Waals surface area contributed by atoms with Crippen LogP contribution in [0.3, 0.4) is 0 Å². The molecule has 2 heterocycles. The van der Waals surface area contributed by atoms with Crippen molar-refractivity contribution >= 4 is 44.8 Å². The third-order valence-corrected chi connectivity index (χ3v) is 6.76. The highest BCUT2D eigenvalue weighted by Gasteiger charge is 2.36. The minimum atomic E-state index is -3.68. The van der Waals surface area contributed by atoms with Crippen molar-refractivity contribution in [3.63, 3.8) is 0 Å². The van der Waals surface area contributed by atoms with Crippen molar-refractivity contribution in [2.45, 2.75) is 17.7 Å². The fraction of sp³-hybridized carbons (Fsp3) is 0.389. The summed E-state index contributed by atoms with van der Waals surface area (Å²) in [6.45, 7) is 2.32. The van der Waals surface area contributed by atoms with Crippen LogP contribution in [0.25, 0.3) is 10.8 Å². The summed E-state index contributed by atoms with van der Waals surface area (Å²) in [4.78, 5) is 12.6. The number of sulfonamides is 1. The molecule has 1 saturated heterocycles. The Kier molecular flexibility index (Phi) is 5.41. The number of nitrogens with zero attached hydrogens (tertiary/aromatic N) is 1. The van der Waals surface area contributed by atoms with Crippen LogP contribution in [0.1, 0.15) is 12.8 Å². The summed E-state index contributed by atoms with van der Waals surface area (Å²) in [5.74, 6) is 0.146. The first-order valence-corrected chi connectivity index (χ1v) is 10.0. The Morgan fingerprint density at radius 1 is 1.23 bits per heavy atom. The largest absolute Gasteiger partial charge is 0.354 e. The second kappa shape index (κ2) is 7.42. The number of carbonyl (C=O) groups excluding carboxylic acids is 1. The van der Waals surface area contributed by atoms with Crippen LogP contribution < -0.4 is 14.9 Å². The number of rotatable bonds is 4. The first kappa shape index (κ1) is 18.9. The van der Waals surface area contributed by atoms with E-state index < -0.39 is 10.0 Å². The molecule has 8 heteroatoms. The molecule has 2 aliphatic rings. The number of benzene rings is 2. The van der Waals surface area contributed by atoms with Gasteiger partial charge in [0.2, 0.25) is 5.91 Å². The Hall–Kier alpha value is -1.83. The van der Waals surface area contributed by atoms with Crippen LogP contribution in [-0.4, -0.2) is 40.5 Å². The maximum absolute atomic E-state index is 12.8. The summed E-state index contributed by atoms with van der Waals surface area (Å²) in [5.41, 5.74) is 0.586. The molecule has 0 bridgehead atoms. The molecular formula is C18H22ClN3O3S. The number of hydrogen-bond donors (Lipinski definition) is 2. The van der Waals surface area contributed by atoms with Crippen molar-refractivity contribution in [2.24, 2.45) is 5.92 Å². The minimum absolute atomic E-state index is 0. The molecule has 0 spiro atoms. The van der Waals surface area contributed by atoms with E-state index in [-0.39, 0.29) is 29.8 Å². The fourth-order valence-electron chi connectivity index (χ4n) is 3.67. The van der Waals surface area contributed by atoms with Crippen molar-refractivity contribution in [1.82, 2.24) is 10.6 Å². The van der Waals surface area contributed by atoms with Crippen molar-refractivity contribution in [1.29, 1.82) is 0 Å². The monoisotopic (exact) mass is 395 g/mol. The number of anilines is 1. The predicted molar refractivity (Wildman–Crippen MR) is 104 cm³/mol. The van der Waals surface area contributed by atoms with E-state index in [1.54, 1.807) is 18.2 Å². The average Bonchev–Trinajstić information content (AvgIpc) is 2.84. The molecule has 26 heavy (non-hydrogen) atoms. The van der Waals surface area contributed by atoms with Gasteiger partial charge in [-0.3, -0.25) is 9.10 Å². The highest BCUT2D eigenvalue weighted by atomic mass is 35.5.